The summed E-state index contributed by atoms with van der Waals surface area (Å²) < 4.78 is 0. The maximum Gasteiger partial charge on any atom is 0.134 e. The lowest BCUT2D eigenvalue weighted by Gasteiger charge is -2.49. The van der Waals surface area contributed by atoms with E-state index < -0.39 is 0 Å². The van der Waals surface area contributed by atoms with E-state index in [1.54, 1.807) is 12.1 Å². The number of phenolic OH excluding ortho intramolecular Hbond substituents is 2. The molecule has 0 radical (unpaired) electrons. The van der Waals surface area contributed by atoms with E-state index in [1.807, 2.05) is 24.3 Å². The normalized spacial score (nSPS) is 16.8. The maximum absolute atomic E-state index is 9.73. The van der Waals surface area contributed by atoms with E-state index in [2.05, 4.69) is 6.92 Å². The Morgan fingerprint density at radius 1 is 0.958 bits per heavy atom. The summed E-state index contributed by atoms with van der Waals surface area (Å²) >= 11 is 12.3. The molecule has 24 heavy (non-hydrogen) atoms. The number of unbranched alkanes of at least 4 members (excludes halogenated alkanes) is 1. The molecular weight excluding hydrogens is 343 g/mol. The van der Waals surface area contributed by atoms with Gasteiger partial charge in [-0.1, -0.05) is 61.5 Å². The molecule has 1 aliphatic rings. The largest absolute Gasteiger partial charge is 0.506 e. The molecule has 3 rings (SSSR count). The van der Waals surface area contributed by atoms with Crippen LogP contribution in [-0.2, 0) is 5.41 Å². The van der Waals surface area contributed by atoms with Crippen LogP contribution in [-0.4, -0.2) is 10.2 Å². The molecule has 1 fully saturated rings. The van der Waals surface area contributed by atoms with E-state index in [1.165, 1.54) is 19.3 Å². The SMILES string of the molecule is CCCCC1CC(c2ccc(O)c(Cl)c2)(c2ccc(O)c(Cl)c2)C1. The average Bonchev–Trinajstić information content (AvgIpc) is 2.52. The van der Waals surface area contributed by atoms with E-state index in [0.29, 0.717) is 16.0 Å². The predicted molar refractivity (Wildman–Crippen MR) is 99.3 cm³/mol. The lowest BCUT2D eigenvalue weighted by Crippen LogP contribution is -2.42. The minimum atomic E-state index is -0.146. The molecule has 0 aromatic heterocycles. The minimum Gasteiger partial charge on any atom is -0.506 e. The Kier molecular flexibility index (Phi) is 4.98. The Hall–Kier alpha value is -1.38. The molecule has 128 valence electrons. The van der Waals surface area contributed by atoms with Crippen molar-refractivity contribution in [3.05, 3.63) is 57.6 Å². The van der Waals surface area contributed by atoms with Gasteiger partial charge in [0.2, 0.25) is 0 Å². The number of rotatable bonds is 5. The molecular formula is C20H22Cl2O2. The fraction of sp³-hybridized carbons (Fsp3) is 0.400. The van der Waals surface area contributed by atoms with Gasteiger partial charge in [0.1, 0.15) is 11.5 Å². The first-order valence-corrected chi connectivity index (χ1v) is 9.20. The van der Waals surface area contributed by atoms with Crippen molar-refractivity contribution in [1.82, 2.24) is 0 Å². The number of aromatic hydroxyl groups is 2. The van der Waals surface area contributed by atoms with Gasteiger partial charge >= 0.3 is 0 Å². The molecule has 2 aromatic rings. The molecule has 0 unspecified atom stereocenters. The van der Waals surface area contributed by atoms with Gasteiger partial charge in [-0.15, -0.1) is 0 Å². The molecule has 1 aliphatic carbocycles. The lowest BCUT2D eigenvalue weighted by atomic mass is 9.54. The van der Waals surface area contributed by atoms with Crippen molar-refractivity contribution in [3.63, 3.8) is 0 Å². The van der Waals surface area contributed by atoms with Crippen molar-refractivity contribution in [2.24, 2.45) is 5.92 Å². The zero-order valence-corrected chi connectivity index (χ0v) is 15.2. The molecule has 2 N–H and O–H groups in total. The van der Waals surface area contributed by atoms with Crippen LogP contribution in [0.25, 0.3) is 0 Å². The number of halogens is 2. The number of phenols is 2. The number of hydrogen-bond donors (Lipinski definition) is 2. The van der Waals surface area contributed by atoms with Crippen LogP contribution in [0.1, 0.15) is 50.2 Å². The Balaban J connectivity index is 1.99. The van der Waals surface area contributed by atoms with E-state index >= 15 is 0 Å². The van der Waals surface area contributed by atoms with Crippen LogP contribution in [0, 0.1) is 5.92 Å². The van der Waals surface area contributed by atoms with Crippen molar-refractivity contribution in [3.8, 4) is 11.5 Å². The highest BCUT2D eigenvalue weighted by atomic mass is 35.5. The quantitative estimate of drug-likeness (QED) is 0.654. The molecule has 4 heteroatoms. The first-order valence-electron chi connectivity index (χ1n) is 8.44. The van der Waals surface area contributed by atoms with Crippen LogP contribution in [0.2, 0.25) is 10.0 Å². The van der Waals surface area contributed by atoms with Crippen molar-refractivity contribution >= 4 is 23.2 Å². The van der Waals surface area contributed by atoms with E-state index in [9.17, 15) is 10.2 Å². The summed E-state index contributed by atoms with van der Waals surface area (Å²) in [5.74, 6) is 0.882. The molecule has 0 saturated heterocycles. The van der Waals surface area contributed by atoms with Gasteiger partial charge in [-0.2, -0.15) is 0 Å². The highest BCUT2D eigenvalue weighted by molar-refractivity contribution is 6.32. The second kappa shape index (κ2) is 6.85. The summed E-state index contributed by atoms with van der Waals surface area (Å²) in [6.45, 7) is 2.21. The third kappa shape index (κ3) is 3.10. The molecule has 0 amide bonds. The Morgan fingerprint density at radius 2 is 1.46 bits per heavy atom. The van der Waals surface area contributed by atoms with Crippen LogP contribution < -0.4 is 0 Å². The smallest absolute Gasteiger partial charge is 0.134 e. The van der Waals surface area contributed by atoms with Gasteiger partial charge < -0.3 is 10.2 Å². The van der Waals surface area contributed by atoms with Crippen LogP contribution in [0.5, 0.6) is 11.5 Å². The molecule has 2 nitrogen and oxygen atoms in total. The lowest BCUT2D eigenvalue weighted by molar-refractivity contribution is 0.168. The maximum atomic E-state index is 9.73. The van der Waals surface area contributed by atoms with Gasteiger partial charge in [0, 0.05) is 5.41 Å². The average molecular weight is 365 g/mol. The van der Waals surface area contributed by atoms with Crippen LogP contribution in [0.3, 0.4) is 0 Å². The summed E-state index contributed by atoms with van der Waals surface area (Å²) in [7, 11) is 0. The molecule has 1 saturated carbocycles. The standard InChI is InChI=1S/C20H22Cl2O2/c1-2-3-4-13-11-20(12-13,14-5-7-18(23)16(21)9-14)15-6-8-19(24)17(22)10-15/h5-10,13,23-24H,2-4,11-12H2,1H3. The third-order valence-corrected chi connectivity index (χ3v) is 5.85. The molecule has 0 aliphatic heterocycles. The molecule has 0 spiro atoms. The van der Waals surface area contributed by atoms with Gasteiger partial charge in [0.25, 0.3) is 0 Å². The summed E-state index contributed by atoms with van der Waals surface area (Å²) in [4.78, 5) is 0. The van der Waals surface area contributed by atoms with Gasteiger partial charge in [0.05, 0.1) is 10.0 Å². The van der Waals surface area contributed by atoms with Crippen LogP contribution in [0.4, 0.5) is 0 Å². The first kappa shape index (κ1) is 17.4. The Morgan fingerprint density at radius 3 is 1.88 bits per heavy atom. The topological polar surface area (TPSA) is 40.5 Å². The minimum absolute atomic E-state index is 0.0983. The Labute approximate surface area is 153 Å². The zero-order chi connectivity index (χ0) is 17.3. The second-order valence-corrected chi connectivity index (χ2v) is 7.65. The third-order valence-electron chi connectivity index (χ3n) is 5.24. The number of hydrogen-bond acceptors (Lipinski definition) is 2. The van der Waals surface area contributed by atoms with Gasteiger partial charge in [-0.3, -0.25) is 0 Å². The van der Waals surface area contributed by atoms with Gasteiger partial charge in [-0.05, 0) is 54.2 Å². The molecule has 0 atom stereocenters. The highest BCUT2D eigenvalue weighted by Gasteiger charge is 2.46. The van der Waals surface area contributed by atoms with Crippen LogP contribution in [0.15, 0.2) is 36.4 Å². The number of benzene rings is 2. The summed E-state index contributed by atoms with van der Waals surface area (Å²) in [5, 5.41) is 20.2. The summed E-state index contributed by atoms with van der Waals surface area (Å²) in [6, 6.07) is 10.9. The first-order chi connectivity index (χ1) is 11.5. The van der Waals surface area contributed by atoms with E-state index in [4.69, 9.17) is 23.2 Å². The molecule has 0 bridgehead atoms. The molecule has 0 heterocycles. The van der Waals surface area contributed by atoms with Gasteiger partial charge in [-0.25, -0.2) is 0 Å². The van der Waals surface area contributed by atoms with Gasteiger partial charge in [0.15, 0.2) is 0 Å². The zero-order valence-electron chi connectivity index (χ0n) is 13.7. The fourth-order valence-electron chi connectivity index (χ4n) is 3.87. The second-order valence-electron chi connectivity index (χ2n) is 6.83. The Bertz CT molecular complexity index is 683. The van der Waals surface area contributed by atoms with E-state index in [0.717, 1.165) is 24.0 Å². The predicted octanol–water partition coefficient (Wildman–Crippen LogP) is 6.29. The summed E-state index contributed by atoms with van der Waals surface area (Å²) in [5.41, 5.74) is 2.05. The van der Waals surface area contributed by atoms with Crippen molar-refractivity contribution < 1.29 is 10.2 Å². The monoisotopic (exact) mass is 364 g/mol. The fourth-order valence-corrected chi connectivity index (χ4v) is 4.23. The van der Waals surface area contributed by atoms with Crippen molar-refractivity contribution in [2.75, 3.05) is 0 Å². The summed E-state index contributed by atoms with van der Waals surface area (Å²) in [6.07, 6.45) is 5.76. The van der Waals surface area contributed by atoms with Crippen molar-refractivity contribution in [2.45, 2.75) is 44.4 Å². The van der Waals surface area contributed by atoms with E-state index in [-0.39, 0.29) is 16.9 Å². The van der Waals surface area contributed by atoms with Crippen molar-refractivity contribution in [1.29, 1.82) is 0 Å². The van der Waals surface area contributed by atoms with Crippen LogP contribution >= 0.6 is 23.2 Å². The molecule has 2 aromatic carbocycles. The highest BCUT2D eigenvalue weighted by Crippen LogP contribution is 2.55.